The number of aliphatic hydroxyl groups is 1. The molecule has 1 aliphatic rings. The van der Waals surface area contributed by atoms with Crippen LogP contribution in [0.5, 0.6) is 11.5 Å². The summed E-state index contributed by atoms with van der Waals surface area (Å²) in [7, 11) is 1.43. The van der Waals surface area contributed by atoms with Crippen LogP contribution < -0.4 is 9.47 Å². The monoisotopic (exact) mass is 667 g/mol. The van der Waals surface area contributed by atoms with Gasteiger partial charge in [0, 0.05) is 24.6 Å². The molecule has 0 saturated carbocycles. The number of rotatable bonds is 19. The molecule has 2 aromatic carbocycles. The molecule has 0 spiro atoms. The van der Waals surface area contributed by atoms with Crippen molar-refractivity contribution >= 4 is 18.0 Å². The number of carbonyl (C=O) groups excluding carboxylic acids is 1. The molecule has 1 heterocycles. The summed E-state index contributed by atoms with van der Waals surface area (Å²) in [6.45, 7) is 7.53. The highest BCUT2D eigenvalue weighted by atomic mass is 16.8. The molecule has 13 heteroatoms. The zero-order valence-electron chi connectivity index (χ0n) is 28.0. The van der Waals surface area contributed by atoms with Crippen molar-refractivity contribution in [3.05, 3.63) is 87.8 Å². The highest BCUT2D eigenvalue weighted by Gasteiger charge is 2.45. The highest BCUT2D eigenvalue weighted by molar-refractivity contribution is 5.95. The predicted octanol–water partition coefficient (Wildman–Crippen LogP) is 6.56. The van der Waals surface area contributed by atoms with Gasteiger partial charge in [-0.3, -0.25) is 0 Å². The van der Waals surface area contributed by atoms with Crippen LogP contribution in [0, 0.1) is 5.92 Å². The fraction of sp³-hybridized carbons (Fsp3) is 0.486. The first-order valence-corrected chi connectivity index (χ1v) is 15.8. The molecule has 0 radical (unpaired) electrons. The maximum absolute atomic E-state index is 13.1. The Morgan fingerprint density at radius 3 is 2.52 bits per heavy atom. The maximum atomic E-state index is 13.1. The van der Waals surface area contributed by atoms with E-state index in [4.69, 9.17) is 34.0 Å². The number of azide groups is 1. The number of benzene rings is 2. The number of unbranched alkanes of at least 4 members (excludes halogenated alkanes) is 1. The van der Waals surface area contributed by atoms with Crippen molar-refractivity contribution in [2.24, 2.45) is 11.0 Å². The van der Waals surface area contributed by atoms with E-state index in [-0.39, 0.29) is 30.4 Å². The molecule has 2 unspecified atom stereocenters. The van der Waals surface area contributed by atoms with Gasteiger partial charge in [0.15, 0.2) is 12.6 Å². The first kappa shape index (κ1) is 38.1. The summed E-state index contributed by atoms with van der Waals surface area (Å²) in [6, 6.07) is 11.7. The summed E-state index contributed by atoms with van der Waals surface area (Å²) < 4.78 is 34.9. The Balaban J connectivity index is 1.89. The number of aliphatic hydroxyl groups excluding tert-OH is 1. The summed E-state index contributed by atoms with van der Waals surface area (Å²) in [5, 5.41) is 23.7. The lowest BCUT2D eigenvalue weighted by Crippen LogP contribution is -2.37. The first-order valence-electron chi connectivity index (χ1n) is 15.8. The number of nitrogens with zero attached hydrogens (tertiary/aromatic N) is 3. The van der Waals surface area contributed by atoms with Crippen LogP contribution in [0.15, 0.2) is 65.8 Å². The van der Waals surface area contributed by atoms with E-state index in [2.05, 4.69) is 10.0 Å². The molecule has 5 atom stereocenters. The van der Waals surface area contributed by atoms with Crippen molar-refractivity contribution in [1.29, 1.82) is 0 Å². The van der Waals surface area contributed by atoms with E-state index in [1.807, 2.05) is 6.92 Å². The average molecular weight is 668 g/mol. The molecule has 0 aromatic heterocycles. The Labute approximate surface area is 280 Å². The normalized spacial score (nSPS) is 19.0. The predicted molar refractivity (Wildman–Crippen MR) is 178 cm³/mol. The third-order valence-electron chi connectivity index (χ3n) is 7.47. The molecule has 1 aliphatic heterocycles. The SMILES string of the molecule is COCOc1cc(OCCCCN=[N+]=[N-])cc(/C=C/C[C@@H]2OC(C)(C)OC2C(/C=C\[C@@H](C)[C@H](C)O)OC(=O)c2ccccc2)c1C(=O)O. The van der Waals surface area contributed by atoms with E-state index in [0.717, 1.165) is 0 Å². The summed E-state index contributed by atoms with van der Waals surface area (Å²) in [6.07, 6.45) is 5.59. The second kappa shape index (κ2) is 18.8. The molecule has 1 saturated heterocycles. The van der Waals surface area contributed by atoms with E-state index in [0.29, 0.717) is 42.9 Å². The second-order valence-electron chi connectivity index (χ2n) is 11.7. The van der Waals surface area contributed by atoms with Gasteiger partial charge in [-0.05, 0) is 81.3 Å². The van der Waals surface area contributed by atoms with Crippen LogP contribution in [0.1, 0.15) is 73.2 Å². The fourth-order valence-corrected chi connectivity index (χ4v) is 4.89. The molecule has 2 N–H and O–H groups in total. The lowest BCUT2D eigenvalue weighted by Gasteiger charge is -2.25. The molecular formula is C35H45N3O10. The molecule has 48 heavy (non-hydrogen) atoms. The molecule has 3 rings (SSSR count). The molecule has 13 nitrogen and oxygen atoms in total. The van der Waals surface area contributed by atoms with Gasteiger partial charge >= 0.3 is 11.9 Å². The minimum atomic E-state index is -1.20. The van der Waals surface area contributed by atoms with Crippen molar-refractivity contribution in [2.75, 3.05) is 27.1 Å². The van der Waals surface area contributed by atoms with Crippen LogP contribution in [0.4, 0.5) is 0 Å². The van der Waals surface area contributed by atoms with Crippen LogP contribution in [0.3, 0.4) is 0 Å². The van der Waals surface area contributed by atoms with Crippen molar-refractivity contribution in [1.82, 2.24) is 0 Å². The Morgan fingerprint density at radius 1 is 1.10 bits per heavy atom. The summed E-state index contributed by atoms with van der Waals surface area (Å²) in [5.41, 5.74) is 9.07. The molecule has 0 amide bonds. The smallest absolute Gasteiger partial charge is 0.340 e. The number of carboxylic acid groups (broad SMARTS) is 1. The van der Waals surface area contributed by atoms with Crippen molar-refractivity contribution in [3.8, 4) is 11.5 Å². The number of aromatic carboxylic acids is 1. The standard InChI is InChI=1S/C35H45N3O10/c1-23(24(2)39)16-17-28(46-34(42)25-12-7-6-8-13-25)32-29(47-35(3,4)48-32)15-11-14-26-20-27(44-19-10-9-18-37-38-36)21-30(45-22-43-5)31(26)33(40)41/h6-8,11-14,16-17,20-21,23-24,28-29,32,39H,9-10,15,18-19,22H2,1-5H3,(H,40,41)/b14-11+,17-16-/t23-,24+,28?,29+,32?/m1/s1. The number of hydrogen-bond acceptors (Lipinski definition) is 10. The molecular weight excluding hydrogens is 622 g/mol. The zero-order valence-corrected chi connectivity index (χ0v) is 28.0. The van der Waals surface area contributed by atoms with Crippen LogP contribution in [0.25, 0.3) is 16.5 Å². The van der Waals surface area contributed by atoms with E-state index in [9.17, 15) is 19.8 Å². The highest BCUT2D eigenvalue weighted by Crippen LogP contribution is 2.35. The lowest BCUT2D eigenvalue weighted by atomic mass is 9.99. The minimum absolute atomic E-state index is 0.0697. The van der Waals surface area contributed by atoms with Crippen LogP contribution in [0.2, 0.25) is 0 Å². The van der Waals surface area contributed by atoms with Gasteiger partial charge in [-0.1, -0.05) is 48.5 Å². The quantitative estimate of drug-likeness (QED) is 0.0317. The van der Waals surface area contributed by atoms with Gasteiger partial charge in [-0.15, -0.1) is 0 Å². The van der Waals surface area contributed by atoms with Crippen molar-refractivity contribution in [2.45, 2.75) is 77.2 Å². The van der Waals surface area contributed by atoms with Gasteiger partial charge in [0.05, 0.1) is 24.4 Å². The van der Waals surface area contributed by atoms with Crippen LogP contribution >= 0.6 is 0 Å². The van der Waals surface area contributed by atoms with Gasteiger partial charge in [-0.25, -0.2) is 9.59 Å². The van der Waals surface area contributed by atoms with Gasteiger partial charge in [0.25, 0.3) is 0 Å². The minimum Gasteiger partial charge on any atom is -0.493 e. The van der Waals surface area contributed by atoms with Crippen molar-refractivity contribution < 1.29 is 48.2 Å². The largest absolute Gasteiger partial charge is 0.493 e. The number of methoxy groups -OCH3 is 1. The molecule has 0 bridgehead atoms. The van der Waals surface area contributed by atoms with E-state index in [1.165, 1.54) is 13.2 Å². The third kappa shape index (κ3) is 11.7. The molecule has 1 fully saturated rings. The Hall–Kier alpha value is -4.39. The zero-order chi connectivity index (χ0) is 35.1. The Kier molecular flexibility index (Phi) is 14.9. The number of ether oxygens (including phenoxy) is 6. The molecule has 260 valence electrons. The molecule has 2 aromatic rings. The van der Waals surface area contributed by atoms with Crippen LogP contribution in [-0.4, -0.2) is 79.4 Å². The van der Waals surface area contributed by atoms with E-state index >= 15 is 0 Å². The van der Waals surface area contributed by atoms with E-state index in [1.54, 1.807) is 81.5 Å². The number of hydrogen-bond donors (Lipinski definition) is 2. The lowest BCUT2D eigenvalue weighted by molar-refractivity contribution is -0.152. The second-order valence-corrected chi connectivity index (χ2v) is 11.7. The van der Waals surface area contributed by atoms with E-state index < -0.39 is 42.1 Å². The Morgan fingerprint density at radius 2 is 1.85 bits per heavy atom. The van der Waals surface area contributed by atoms with Crippen LogP contribution in [-0.2, 0) is 18.9 Å². The van der Waals surface area contributed by atoms with Gasteiger partial charge in [-0.2, -0.15) is 0 Å². The van der Waals surface area contributed by atoms with Crippen molar-refractivity contribution in [3.63, 3.8) is 0 Å². The van der Waals surface area contributed by atoms with Gasteiger partial charge < -0.3 is 38.6 Å². The fourth-order valence-electron chi connectivity index (χ4n) is 4.89. The molecule has 0 aliphatic carbocycles. The first-order chi connectivity index (χ1) is 23.0. The third-order valence-corrected chi connectivity index (χ3v) is 7.47. The van der Waals surface area contributed by atoms with Gasteiger partial charge in [0.1, 0.15) is 29.3 Å². The topological polar surface area (TPSA) is 179 Å². The number of carbonyl (C=O) groups is 2. The summed E-state index contributed by atoms with van der Waals surface area (Å²) in [5.74, 6) is -2.52. The number of esters is 1. The summed E-state index contributed by atoms with van der Waals surface area (Å²) in [4.78, 5) is 28.2. The summed E-state index contributed by atoms with van der Waals surface area (Å²) >= 11 is 0. The Bertz CT molecular complexity index is 1450. The van der Waals surface area contributed by atoms with Gasteiger partial charge in [0.2, 0.25) is 0 Å². The average Bonchev–Trinajstić information content (AvgIpc) is 3.36. The number of carboxylic acids is 1. The maximum Gasteiger partial charge on any atom is 0.340 e.